The molecule has 1 atom stereocenters. The first-order valence-corrected chi connectivity index (χ1v) is 5.73. The van der Waals surface area contributed by atoms with Crippen LogP contribution in [0.4, 0.5) is 0 Å². The van der Waals surface area contributed by atoms with E-state index in [1.165, 1.54) is 11.3 Å². The molecule has 1 aromatic carbocycles. The lowest BCUT2D eigenvalue weighted by Crippen LogP contribution is -2.10. The first-order chi connectivity index (χ1) is 7.50. The lowest BCUT2D eigenvalue weighted by molar-refractivity contribution is -0.146. The molecular weight excluding hydrogens is 224 g/mol. The third-order valence-electron chi connectivity index (χ3n) is 2.57. The summed E-state index contributed by atoms with van der Waals surface area (Å²) in [7, 11) is 0. The molecule has 0 radical (unpaired) electrons. The SMILES string of the molecule is Cc1ccc2sc(C)c(C(O)C(=O)O)c2c1. The normalized spacial score (nSPS) is 12.9. The van der Waals surface area contributed by atoms with E-state index >= 15 is 0 Å². The highest BCUT2D eigenvalue weighted by Gasteiger charge is 2.22. The molecule has 0 aliphatic carbocycles. The van der Waals surface area contributed by atoms with E-state index in [2.05, 4.69) is 0 Å². The van der Waals surface area contributed by atoms with Crippen LogP contribution in [0, 0.1) is 13.8 Å². The Morgan fingerprint density at radius 3 is 2.69 bits per heavy atom. The zero-order valence-electron chi connectivity index (χ0n) is 9.02. The summed E-state index contributed by atoms with van der Waals surface area (Å²) < 4.78 is 1.01. The van der Waals surface area contributed by atoms with E-state index in [4.69, 9.17) is 5.11 Å². The summed E-state index contributed by atoms with van der Waals surface area (Å²) in [5, 5.41) is 19.4. The van der Waals surface area contributed by atoms with Gasteiger partial charge in [-0.2, -0.15) is 0 Å². The summed E-state index contributed by atoms with van der Waals surface area (Å²) in [6.45, 7) is 3.78. The van der Waals surface area contributed by atoms with Gasteiger partial charge in [-0.3, -0.25) is 0 Å². The van der Waals surface area contributed by atoms with Crippen molar-refractivity contribution in [1.82, 2.24) is 0 Å². The predicted molar refractivity (Wildman–Crippen MR) is 63.9 cm³/mol. The summed E-state index contributed by atoms with van der Waals surface area (Å²) in [5.74, 6) is -1.20. The van der Waals surface area contributed by atoms with Crippen molar-refractivity contribution in [3.63, 3.8) is 0 Å². The maximum absolute atomic E-state index is 10.8. The second-order valence-electron chi connectivity index (χ2n) is 3.81. The molecule has 1 aromatic heterocycles. The van der Waals surface area contributed by atoms with Crippen LogP contribution < -0.4 is 0 Å². The van der Waals surface area contributed by atoms with Crippen molar-refractivity contribution in [2.75, 3.05) is 0 Å². The van der Waals surface area contributed by atoms with E-state index < -0.39 is 12.1 Å². The zero-order chi connectivity index (χ0) is 11.9. The van der Waals surface area contributed by atoms with Crippen LogP contribution in [0.25, 0.3) is 10.1 Å². The van der Waals surface area contributed by atoms with Crippen molar-refractivity contribution >= 4 is 27.4 Å². The molecule has 2 N–H and O–H groups in total. The standard InChI is InChI=1S/C12H12O3S/c1-6-3-4-9-8(5-6)10(7(2)16-9)11(13)12(14)15/h3-5,11,13H,1-2H3,(H,14,15). The molecule has 0 saturated heterocycles. The topological polar surface area (TPSA) is 57.5 Å². The molecule has 0 aliphatic rings. The fraction of sp³-hybridized carbons (Fsp3) is 0.250. The molecule has 4 heteroatoms. The third-order valence-corrected chi connectivity index (χ3v) is 3.68. The van der Waals surface area contributed by atoms with Gasteiger partial charge in [-0.05, 0) is 25.3 Å². The van der Waals surface area contributed by atoms with Crippen LogP contribution in [0.3, 0.4) is 0 Å². The number of thiophene rings is 1. The van der Waals surface area contributed by atoms with Gasteiger partial charge in [-0.1, -0.05) is 17.7 Å². The average molecular weight is 236 g/mol. The van der Waals surface area contributed by atoms with Gasteiger partial charge in [0.2, 0.25) is 0 Å². The highest BCUT2D eigenvalue weighted by Crippen LogP contribution is 2.35. The van der Waals surface area contributed by atoms with Gasteiger partial charge in [0, 0.05) is 15.1 Å². The minimum atomic E-state index is -1.43. The number of aliphatic carboxylic acids is 1. The van der Waals surface area contributed by atoms with E-state index in [1.807, 2.05) is 32.0 Å². The van der Waals surface area contributed by atoms with Crippen LogP contribution >= 0.6 is 11.3 Å². The molecule has 0 aliphatic heterocycles. The van der Waals surface area contributed by atoms with Crippen LogP contribution in [0.1, 0.15) is 22.1 Å². The summed E-state index contributed by atoms with van der Waals surface area (Å²) in [4.78, 5) is 11.7. The number of hydrogen-bond acceptors (Lipinski definition) is 3. The van der Waals surface area contributed by atoms with E-state index in [1.54, 1.807) is 0 Å². The predicted octanol–water partition coefficient (Wildman–Crippen LogP) is 2.64. The van der Waals surface area contributed by atoms with Crippen molar-refractivity contribution in [3.8, 4) is 0 Å². The second kappa shape index (κ2) is 3.88. The van der Waals surface area contributed by atoms with Crippen molar-refractivity contribution in [2.45, 2.75) is 20.0 Å². The van der Waals surface area contributed by atoms with E-state index in [0.717, 1.165) is 20.5 Å². The van der Waals surface area contributed by atoms with E-state index in [0.29, 0.717) is 5.56 Å². The molecule has 1 heterocycles. The minimum Gasteiger partial charge on any atom is -0.479 e. The average Bonchev–Trinajstić information content (AvgIpc) is 2.52. The molecular formula is C12H12O3S. The Labute approximate surface area is 97.0 Å². The first-order valence-electron chi connectivity index (χ1n) is 4.91. The molecule has 2 rings (SSSR count). The Hall–Kier alpha value is -1.39. The molecule has 0 fully saturated rings. The fourth-order valence-corrected chi connectivity index (χ4v) is 2.89. The zero-order valence-corrected chi connectivity index (χ0v) is 9.84. The molecule has 0 bridgehead atoms. The van der Waals surface area contributed by atoms with Crippen molar-refractivity contribution in [2.24, 2.45) is 0 Å². The number of rotatable bonds is 2. The number of carboxylic acids is 1. The highest BCUT2D eigenvalue weighted by molar-refractivity contribution is 7.19. The molecule has 0 saturated carbocycles. The Bertz CT molecular complexity index is 557. The highest BCUT2D eigenvalue weighted by atomic mass is 32.1. The number of aliphatic hydroxyl groups excluding tert-OH is 1. The van der Waals surface area contributed by atoms with Gasteiger partial charge < -0.3 is 10.2 Å². The van der Waals surface area contributed by atoms with Gasteiger partial charge in [0.25, 0.3) is 0 Å². The monoisotopic (exact) mass is 236 g/mol. The maximum atomic E-state index is 10.8. The van der Waals surface area contributed by atoms with Crippen LogP contribution in [-0.2, 0) is 4.79 Å². The van der Waals surface area contributed by atoms with Crippen LogP contribution in [0.2, 0.25) is 0 Å². The number of aryl methyl sites for hydroxylation is 2. The Morgan fingerprint density at radius 2 is 2.06 bits per heavy atom. The lowest BCUT2D eigenvalue weighted by atomic mass is 10.0. The van der Waals surface area contributed by atoms with Gasteiger partial charge in [-0.15, -0.1) is 11.3 Å². The Kier molecular flexibility index (Phi) is 2.69. The van der Waals surface area contributed by atoms with Crippen LogP contribution in [0.5, 0.6) is 0 Å². The number of hydrogen-bond donors (Lipinski definition) is 2. The van der Waals surface area contributed by atoms with Gasteiger partial charge >= 0.3 is 5.97 Å². The summed E-state index contributed by atoms with van der Waals surface area (Å²) in [6, 6.07) is 5.86. The lowest BCUT2D eigenvalue weighted by Gasteiger charge is -2.06. The Balaban J connectivity index is 2.72. The molecule has 84 valence electrons. The van der Waals surface area contributed by atoms with Crippen LogP contribution in [-0.4, -0.2) is 16.2 Å². The second-order valence-corrected chi connectivity index (χ2v) is 5.07. The minimum absolute atomic E-state index is 0.524. The molecule has 2 aromatic rings. The molecule has 16 heavy (non-hydrogen) atoms. The number of carbonyl (C=O) groups is 1. The molecule has 0 spiro atoms. The van der Waals surface area contributed by atoms with Gasteiger partial charge in [0.1, 0.15) is 0 Å². The smallest absolute Gasteiger partial charge is 0.337 e. The quantitative estimate of drug-likeness (QED) is 0.842. The Morgan fingerprint density at radius 1 is 1.38 bits per heavy atom. The maximum Gasteiger partial charge on any atom is 0.337 e. The third kappa shape index (κ3) is 1.70. The summed E-state index contributed by atoms with van der Waals surface area (Å²) >= 11 is 1.51. The van der Waals surface area contributed by atoms with Crippen molar-refractivity contribution in [3.05, 3.63) is 34.2 Å². The summed E-state index contributed by atoms with van der Waals surface area (Å²) in [6.07, 6.45) is -1.43. The fourth-order valence-electron chi connectivity index (χ4n) is 1.82. The number of aliphatic hydroxyl groups is 1. The number of fused-ring (bicyclic) bond motifs is 1. The van der Waals surface area contributed by atoms with Gasteiger partial charge in [0.15, 0.2) is 6.10 Å². The number of carboxylic acid groups (broad SMARTS) is 1. The van der Waals surface area contributed by atoms with Crippen molar-refractivity contribution < 1.29 is 15.0 Å². The van der Waals surface area contributed by atoms with Crippen LogP contribution in [0.15, 0.2) is 18.2 Å². The van der Waals surface area contributed by atoms with E-state index in [-0.39, 0.29) is 0 Å². The van der Waals surface area contributed by atoms with E-state index in [9.17, 15) is 9.90 Å². The molecule has 3 nitrogen and oxygen atoms in total. The van der Waals surface area contributed by atoms with Gasteiger partial charge in [-0.25, -0.2) is 4.79 Å². The first kappa shape index (κ1) is 11.1. The molecule has 1 unspecified atom stereocenters. The largest absolute Gasteiger partial charge is 0.479 e. The van der Waals surface area contributed by atoms with Crippen molar-refractivity contribution in [1.29, 1.82) is 0 Å². The number of benzene rings is 1. The van der Waals surface area contributed by atoms with Gasteiger partial charge in [0.05, 0.1) is 0 Å². The molecule has 0 amide bonds. The summed E-state index contributed by atoms with van der Waals surface area (Å²) in [5.41, 5.74) is 1.58.